The van der Waals surface area contributed by atoms with Gasteiger partial charge in [-0.05, 0) is 19.4 Å². The lowest BCUT2D eigenvalue weighted by Gasteiger charge is -2.11. The quantitative estimate of drug-likeness (QED) is 0.831. The predicted molar refractivity (Wildman–Crippen MR) is 55.8 cm³/mol. The second kappa shape index (κ2) is 4.62. The Morgan fingerprint density at radius 1 is 1.57 bits per heavy atom. The highest BCUT2D eigenvalue weighted by atomic mass is 35.5. The van der Waals surface area contributed by atoms with Crippen LogP contribution in [0.4, 0.5) is 0 Å². The number of aromatic nitrogens is 1. The molecule has 0 radical (unpaired) electrons. The highest BCUT2D eigenvalue weighted by Crippen LogP contribution is 2.16. The van der Waals surface area contributed by atoms with Gasteiger partial charge in [0.15, 0.2) is 0 Å². The molecule has 0 amide bonds. The minimum atomic E-state index is 0.481. The monoisotopic (exact) mass is 212 g/mol. The van der Waals surface area contributed by atoms with Crippen molar-refractivity contribution in [2.75, 3.05) is 13.2 Å². The summed E-state index contributed by atoms with van der Waals surface area (Å²) in [6, 6.07) is 2.26. The SMILES string of the molecule is Clc1cncc(OCC2CCCN2)c1. The van der Waals surface area contributed by atoms with Crippen LogP contribution in [0.5, 0.6) is 5.75 Å². The minimum absolute atomic E-state index is 0.481. The van der Waals surface area contributed by atoms with E-state index in [0.29, 0.717) is 17.7 Å². The number of halogens is 1. The maximum Gasteiger partial charge on any atom is 0.139 e. The summed E-state index contributed by atoms with van der Waals surface area (Å²) in [5.74, 6) is 0.742. The van der Waals surface area contributed by atoms with Crippen molar-refractivity contribution in [1.82, 2.24) is 10.3 Å². The maximum atomic E-state index is 5.78. The first-order valence-electron chi connectivity index (χ1n) is 4.81. The second-order valence-electron chi connectivity index (χ2n) is 3.44. The van der Waals surface area contributed by atoms with Gasteiger partial charge in [-0.15, -0.1) is 0 Å². The molecule has 3 nitrogen and oxygen atoms in total. The van der Waals surface area contributed by atoms with Crippen LogP contribution >= 0.6 is 11.6 Å². The molecule has 14 heavy (non-hydrogen) atoms. The first-order chi connectivity index (χ1) is 6.84. The lowest BCUT2D eigenvalue weighted by molar-refractivity contribution is 0.276. The Labute approximate surface area is 88.4 Å². The molecule has 4 heteroatoms. The molecule has 1 aromatic rings. The van der Waals surface area contributed by atoms with Gasteiger partial charge in [-0.25, -0.2) is 0 Å². The van der Waals surface area contributed by atoms with Gasteiger partial charge < -0.3 is 10.1 Å². The zero-order valence-electron chi connectivity index (χ0n) is 7.87. The van der Waals surface area contributed by atoms with Gasteiger partial charge in [0.05, 0.1) is 11.2 Å². The summed E-state index contributed by atoms with van der Waals surface area (Å²) in [6.45, 7) is 1.80. The van der Waals surface area contributed by atoms with E-state index < -0.39 is 0 Å². The first-order valence-corrected chi connectivity index (χ1v) is 5.19. The molecule has 1 fully saturated rings. The number of pyridine rings is 1. The van der Waals surface area contributed by atoms with Crippen LogP contribution in [0.1, 0.15) is 12.8 Å². The number of rotatable bonds is 3. The molecular weight excluding hydrogens is 200 g/mol. The van der Waals surface area contributed by atoms with E-state index in [4.69, 9.17) is 16.3 Å². The molecule has 0 aliphatic carbocycles. The van der Waals surface area contributed by atoms with E-state index >= 15 is 0 Å². The number of hydrogen-bond donors (Lipinski definition) is 1. The second-order valence-corrected chi connectivity index (χ2v) is 3.88. The van der Waals surface area contributed by atoms with Gasteiger partial charge in [0.2, 0.25) is 0 Å². The smallest absolute Gasteiger partial charge is 0.139 e. The molecule has 1 aromatic heterocycles. The number of nitrogens with one attached hydrogen (secondary N) is 1. The van der Waals surface area contributed by atoms with Gasteiger partial charge in [-0.3, -0.25) is 4.98 Å². The van der Waals surface area contributed by atoms with Crippen molar-refractivity contribution in [3.8, 4) is 5.75 Å². The molecule has 0 aromatic carbocycles. The van der Waals surface area contributed by atoms with Crippen LogP contribution in [-0.4, -0.2) is 24.2 Å². The molecule has 0 spiro atoms. The van der Waals surface area contributed by atoms with Crippen LogP contribution in [0.3, 0.4) is 0 Å². The van der Waals surface area contributed by atoms with Gasteiger partial charge in [0, 0.05) is 18.3 Å². The first kappa shape index (κ1) is 9.74. The van der Waals surface area contributed by atoms with E-state index in [9.17, 15) is 0 Å². The standard InChI is InChI=1S/C10H13ClN2O/c11-8-4-10(6-12-5-8)14-7-9-2-1-3-13-9/h4-6,9,13H,1-3,7H2. The average Bonchev–Trinajstić information content (AvgIpc) is 2.67. The zero-order valence-corrected chi connectivity index (χ0v) is 8.63. The molecule has 76 valence electrons. The van der Waals surface area contributed by atoms with Crippen LogP contribution in [0, 0.1) is 0 Å². The van der Waals surface area contributed by atoms with Crippen LogP contribution in [0.2, 0.25) is 5.02 Å². The summed E-state index contributed by atoms with van der Waals surface area (Å²) < 4.78 is 5.56. The summed E-state index contributed by atoms with van der Waals surface area (Å²) in [6.07, 6.45) is 5.71. The molecule has 2 heterocycles. The van der Waals surface area contributed by atoms with Gasteiger partial charge in [-0.2, -0.15) is 0 Å². The lowest BCUT2D eigenvalue weighted by Crippen LogP contribution is -2.28. The van der Waals surface area contributed by atoms with E-state index in [1.807, 2.05) is 0 Å². The number of nitrogens with zero attached hydrogens (tertiary/aromatic N) is 1. The summed E-state index contributed by atoms with van der Waals surface area (Å²) in [7, 11) is 0. The average molecular weight is 213 g/mol. The van der Waals surface area contributed by atoms with E-state index in [1.54, 1.807) is 18.5 Å². The van der Waals surface area contributed by atoms with E-state index in [2.05, 4.69) is 10.3 Å². The fraction of sp³-hybridized carbons (Fsp3) is 0.500. The van der Waals surface area contributed by atoms with Crippen molar-refractivity contribution in [1.29, 1.82) is 0 Å². The molecule has 1 atom stereocenters. The van der Waals surface area contributed by atoms with Crippen molar-refractivity contribution in [3.63, 3.8) is 0 Å². The molecule has 1 saturated heterocycles. The summed E-state index contributed by atoms with van der Waals surface area (Å²) >= 11 is 5.78. The van der Waals surface area contributed by atoms with E-state index in [0.717, 1.165) is 12.3 Å². The van der Waals surface area contributed by atoms with Crippen molar-refractivity contribution < 1.29 is 4.74 Å². The predicted octanol–water partition coefficient (Wildman–Crippen LogP) is 1.87. The van der Waals surface area contributed by atoms with Gasteiger partial charge >= 0.3 is 0 Å². The van der Waals surface area contributed by atoms with Gasteiger partial charge in [0.25, 0.3) is 0 Å². The number of hydrogen-bond acceptors (Lipinski definition) is 3. The highest BCUT2D eigenvalue weighted by Gasteiger charge is 2.14. The molecule has 2 rings (SSSR count). The van der Waals surface area contributed by atoms with Crippen LogP contribution < -0.4 is 10.1 Å². The highest BCUT2D eigenvalue weighted by molar-refractivity contribution is 6.30. The molecule has 1 N–H and O–H groups in total. The van der Waals surface area contributed by atoms with E-state index in [-0.39, 0.29) is 0 Å². The van der Waals surface area contributed by atoms with E-state index in [1.165, 1.54) is 12.8 Å². The summed E-state index contributed by atoms with van der Waals surface area (Å²) in [5.41, 5.74) is 0. The molecule has 1 aliphatic heterocycles. The van der Waals surface area contributed by atoms with Crippen molar-refractivity contribution in [2.45, 2.75) is 18.9 Å². The third kappa shape index (κ3) is 2.59. The topological polar surface area (TPSA) is 34.1 Å². The normalized spacial score (nSPS) is 21.1. The fourth-order valence-corrected chi connectivity index (χ4v) is 1.73. The van der Waals surface area contributed by atoms with Crippen LogP contribution in [0.25, 0.3) is 0 Å². The third-order valence-electron chi connectivity index (χ3n) is 2.29. The van der Waals surface area contributed by atoms with Crippen molar-refractivity contribution in [3.05, 3.63) is 23.5 Å². The Morgan fingerprint density at radius 3 is 3.21 bits per heavy atom. The largest absolute Gasteiger partial charge is 0.490 e. The van der Waals surface area contributed by atoms with Crippen LogP contribution in [-0.2, 0) is 0 Å². The Bertz CT molecular complexity index is 300. The molecule has 0 saturated carbocycles. The van der Waals surface area contributed by atoms with Gasteiger partial charge in [-0.1, -0.05) is 11.6 Å². The number of ether oxygens (including phenoxy) is 1. The molecular formula is C10H13ClN2O. The molecule has 1 unspecified atom stereocenters. The maximum absolute atomic E-state index is 5.78. The minimum Gasteiger partial charge on any atom is -0.490 e. The van der Waals surface area contributed by atoms with Crippen molar-refractivity contribution >= 4 is 11.6 Å². The summed E-state index contributed by atoms with van der Waals surface area (Å²) in [5, 5.41) is 3.98. The summed E-state index contributed by atoms with van der Waals surface area (Å²) in [4.78, 5) is 3.95. The molecule has 0 bridgehead atoms. The Hall–Kier alpha value is -0.800. The third-order valence-corrected chi connectivity index (χ3v) is 2.50. The molecule has 1 aliphatic rings. The zero-order chi connectivity index (χ0) is 9.80. The van der Waals surface area contributed by atoms with Crippen LogP contribution in [0.15, 0.2) is 18.5 Å². The lowest BCUT2D eigenvalue weighted by atomic mass is 10.2. The Morgan fingerprint density at radius 2 is 2.50 bits per heavy atom. The Kier molecular flexibility index (Phi) is 3.22. The van der Waals surface area contributed by atoms with Crippen molar-refractivity contribution in [2.24, 2.45) is 0 Å². The fourth-order valence-electron chi connectivity index (χ4n) is 1.57. The Balaban J connectivity index is 1.85. The van der Waals surface area contributed by atoms with Gasteiger partial charge in [0.1, 0.15) is 12.4 Å².